The molecule has 1 aliphatic heterocycles. The first-order chi connectivity index (χ1) is 12.3. The predicted octanol–water partition coefficient (Wildman–Crippen LogP) is 4.44. The van der Waals surface area contributed by atoms with E-state index in [0.29, 0.717) is 12.7 Å². The molecule has 25 heavy (non-hydrogen) atoms. The number of ether oxygens (including phenoxy) is 1. The van der Waals surface area contributed by atoms with Crippen molar-refractivity contribution in [3.63, 3.8) is 0 Å². The van der Waals surface area contributed by atoms with Crippen molar-refractivity contribution in [2.75, 3.05) is 18.0 Å². The average Bonchev–Trinajstić information content (AvgIpc) is 3.11. The maximum atomic E-state index is 6.10. The Bertz CT molecular complexity index is 825. The summed E-state index contributed by atoms with van der Waals surface area (Å²) in [4.78, 5) is 13.9. The number of aromatic nitrogens is 2. The van der Waals surface area contributed by atoms with Crippen LogP contribution in [0.5, 0.6) is 0 Å². The van der Waals surface area contributed by atoms with E-state index in [1.807, 2.05) is 6.07 Å². The third-order valence-electron chi connectivity index (χ3n) is 4.78. The lowest BCUT2D eigenvalue weighted by atomic mass is 10.1. The van der Waals surface area contributed by atoms with E-state index in [9.17, 15) is 0 Å². The second-order valence-electron chi connectivity index (χ2n) is 6.47. The van der Waals surface area contributed by atoms with Gasteiger partial charge in [0.05, 0.1) is 18.1 Å². The first-order valence-corrected chi connectivity index (χ1v) is 9.79. The molecule has 4 rings (SSSR count). The summed E-state index contributed by atoms with van der Waals surface area (Å²) in [5.41, 5.74) is 1.24. The molecule has 3 heterocycles. The molecule has 0 aliphatic carbocycles. The van der Waals surface area contributed by atoms with Crippen LogP contribution in [0.2, 0.25) is 0 Å². The van der Waals surface area contributed by atoms with Crippen LogP contribution in [0, 0.1) is 0 Å². The number of rotatable bonds is 5. The van der Waals surface area contributed by atoms with Gasteiger partial charge in [-0.2, -0.15) is 0 Å². The number of hydrogen-bond acceptors (Lipinski definition) is 5. The fourth-order valence-electron chi connectivity index (χ4n) is 3.34. The van der Waals surface area contributed by atoms with E-state index < -0.39 is 0 Å². The van der Waals surface area contributed by atoms with Gasteiger partial charge < -0.3 is 9.64 Å². The summed E-state index contributed by atoms with van der Waals surface area (Å²) >= 11 is 1.78. The van der Waals surface area contributed by atoms with Gasteiger partial charge in [-0.1, -0.05) is 37.3 Å². The first-order valence-electron chi connectivity index (χ1n) is 8.97. The highest BCUT2D eigenvalue weighted by Crippen LogP contribution is 2.32. The van der Waals surface area contributed by atoms with Gasteiger partial charge in [0.25, 0.3) is 0 Å². The minimum atomic E-state index is 0.336. The predicted molar refractivity (Wildman–Crippen MR) is 103 cm³/mol. The van der Waals surface area contributed by atoms with Gasteiger partial charge in [0.1, 0.15) is 17.0 Å². The van der Waals surface area contributed by atoms with Crippen molar-refractivity contribution in [1.29, 1.82) is 0 Å². The van der Waals surface area contributed by atoms with Crippen LogP contribution in [0.1, 0.15) is 30.2 Å². The summed E-state index contributed by atoms with van der Waals surface area (Å²) < 4.78 is 6.10. The van der Waals surface area contributed by atoms with Crippen molar-refractivity contribution < 1.29 is 4.74 Å². The number of fused-ring (bicyclic) bond motifs is 1. The number of nitrogens with zero attached hydrogens (tertiary/aromatic N) is 3. The molecule has 1 aliphatic rings. The van der Waals surface area contributed by atoms with Gasteiger partial charge in [-0.05, 0) is 30.9 Å². The van der Waals surface area contributed by atoms with E-state index in [2.05, 4.69) is 52.1 Å². The normalized spacial score (nSPS) is 15.8. The van der Waals surface area contributed by atoms with Crippen molar-refractivity contribution in [3.8, 4) is 0 Å². The molecule has 1 fully saturated rings. The standard InChI is InChI=1S/C20H23N3OS/c1-2-17-12-18-19(21-14-22-20(18)25-17)23-10-8-16(9-11-23)24-13-15-6-4-3-5-7-15/h3-7,12,14,16H,2,8-11,13H2,1H3. The third kappa shape index (κ3) is 3.67. The van der Waals surface area contributed by atoms with Crippen LogP contribution in [-0.2, 0) is 17.8 Å². The SMILES string of the molecule is CCc1cc2c(N3CCC(OCc4ccccc4)CC3)ncnc2s1. The zero-order valence-corrected chi connectivity index (χ0v) is 15.3. The Balaban J connectivity index is 1.39. The minimum absolute atomic E-state index is 0.336. The summed E-state index contributed by atoms with van der Waals surface area (Å²) in [5, 5.41) is 1.20. The molecular weight excluding hydrogens is 330 g/mol. The highest BCUT2D eigenvalue weighted by atomic mass is 32.1. The molecule has 130 valence electrons. The molecule has 1 aromatic carbocycles. The van der Waals surface area contributed by atoms with E-state index in [0.717, 1.165) is 43.0 Å². The van der Waals surface area contributed by atoms with E-state index in [1.165, 1.54) is 15.8 Å². The molecule has 0 unspecified atom stereocenters. The van der Waals surface area contributed by atoms with Crippen molar-refractivity contribution >= 4 is 27.4 Å². The second-order valence-corrected chi connectivity index (χ2v) is 7.58. The smallest absolute Gasteiger partial charge is 0.140 e. The fourth-order valence-corrected chi connectivity index (χ4v) is 4.27. The fraction of sp³-hybridized carbons (Fsp3) is 0.400. The van der Waals surface area contributed by atoms with E-state index in [1.54, 1.807) is 17.7 Å². The minimum Gasteiger partial charge on any atom is -0.373 e. The Kier molecular flexibility index (Phi) is 4.95. The van der Waals surface area contributed by atoms with Crippen LogP contribution in [0.3, 0.4) is 0 Å². The highest BCUT2D eigenvalue weighted by molar-refractivity contribution is 7.18. The number of benzene rings is 1. The van der Waals surface area contributed by atoms with E-state index in [-0.39, 0.29) is 0 Å². The lowest BCUT2D eigenvalue weighted by molar-refractivity contribution is 0.0251. The molecular formula is C20H23N3OS. The lowest BCUT2D eigenvalue weighted by Crippen LogP contribution is -2.37. The zero-order valence-electron chi connectivity index (χ0n) is 14.5. The molecule has 2 aromatic heterocycles. The lowest BCUT2D eigenvalue weighted by Gasteiger charge is -2.33. The van der Waals surface area contributed by atoms with Crippen molar-refractivity contribution in [3.05, 3.63) is 53.2 Å². The summed E-state index contributed by atoms with van der Waals surface area (Å²) in [5.74, 6) is 1.09. The van der Waals surface area contributed by atoms with Gasteiger partial charge >= 0.3 is 0 Å². The van der Waals surface area contributed by atoms with Gasteiger partial charge in [0.2, 0.25) is 0 Å². The largest absolute Gasteiger partial charge is 0.373 e. The zero-order chi connectivity index (χ0) is 17.1. The van der Waals surface area contributed by atoms with Crippen molar-refractivity contribution in [2.45, 2.75) is 38.9 Å². The number of hydrogen-bond donors (Lipinski definition) is 0. The molecule has 1 saturated heterocycles. The highest BCUT2D eigenvalue weighted by Gasteiger charge is 2.22. The average molecular weight is 353 g/mol. The Morgan fingerprint density at radius 2 is 1.96 bits per heavy atom. The molecule has 4 nitrogen and oxygen atoms in total. The summed E-state index contributed by atoms with van der Waals surface area (Å²) in [7, 11) is 0. The number of piperidine rings is 1. The number of anilines is 1. The van der Waals surface area contributed by atoms with Gasteiger partial charge in [-0.25, -0.2) is 9.97 Å². The molecule has 0 bridgehead atoms. The molecule has 0 spiro atoms. The first kappa shape index (κ1) is 16.5. The van der Waals surface area contributed by atoms with Crippen LogP contribution in [-0.4, -0.2) is 29.2 Å². The van der Waals surface area contributed by atoms with E-state index >= 15 is 0 Å². The topological polar surface area (TPSA) is 38.2 Å². The Morgan fingerprint density at radius 3 is 2.72 bits per heavy atom. The maximum Gasteiger partial charge on any atom is 0.140 e. The summed E-state index contributed by atoms with van der Waals surface area (Å²) in [6.07, 6.45) is 5.18. The van der Waals surface area contributed by atoms with Gasteiger partial charge in [0.15, 0.2) is 0 Å². The van der Waals surface area contributed by atoms with Crippen LogP contribution < -0.4 is 4.90 Å². The molecule has 0 radical (unpaired) electrons. The van der Waals surface area contributed by atoms with E-state index in [4.69, 9.17) is 4.74 Å². The van der Waals surface area contributed by atoms with Gasteiger partial charge in [-0.15, -0.1) is 11.3 Å². The van der Waals surface area contributed by atoms with Crippen LogP contribution >= 0.6 is 11.3 Å². The Labute approximate surface area is 152 Å². The van der Waals surface area contributed by atoms with Crippen LogP contribution in [0.4, 0.5) is 5.82 Å². The molecule has 0 amide bonds. The molecule has 3 aromatic rings. The Hall–Kier alpha value is -1.98. The third-order valence-corrected chi connectivity index (χ3v) is 5.97. The number of thiophene rings is 1. The Morgan fingerprint density at radius 1 is 1.16 bits per heavy atom. The molecule has 0 saturated carbocycles. The molecule has 5 heteroatoms. The van der Waals surface area contributed by atoms with Crippen LogP contribution in [0.25, 0.3) is 10.2 Å². The maximum absolute atomic E-state index is 6.10. The monoisotopic (exact) mass is 353 g/mol. The summed E-state index contributed by atoms with van der Waals surface area (Å²) in [6, 6.07) is 12.7. The number of aryl methyl sites for hydroxylation is 1. The molecule has 0 atom stereocenters. The summed E-state index contributed by atoms with van der Waals surface area (Å²) in [6.45, 7) is 4.87. The molecule has 0 N–H and O–H groups in total. The quantitative estimate of drug-likeness (QED) is 0.680. The van der Waals surface area contributed by atoms with Crippen molar-refractivity contribution in [1.82, 2.24) is 9.97 Å². The van der Waals surface area contributed by atoms with Gasteiger partial charge in [-0.3, -0.25) is 0 Å². The van der Waals surface area contributed by atoms with Gasteiger partial charge in [0, 0.05) is 18.0 Å². The van der Waals surface area contributed by atoms with Crippen LogP contribution in [0.15, 0.2) is 42.7 Å². The second kappa shape index (κ2) is 7.50. The van der Waals surface area contributed by atoms with Crippen molar-refractivity contribution in [2.24, 2.45) is 0 Å².